The van der Waals surface area contributed by atoms with Gasteiger partial charge in [0.1, 0.15) is 6.54 Å². The molecule has 0 radical (unpaired) electrons. The molecule has 0 unspecified atom stereocenters. The summed E-state index contributed by atoms with van der Waals surface area (Å²) in [5.74, 6) is -0.537. The zero-order valence-corrected chi connectivity index (χ0v) is 17.2. The SMILES string of the molecule is CCN(CC)S(=O)(=O)c1ccc(NC(=O)CCCN2C(=O)CN(C)C2=O)cc1. The average Bonchev–Trinajstić information content (AvgIpc) is 2.89. The van der Waals surface area contributed by atoms with E-state index < -0.39 is 10.0 Å². The molecule has 1 fully saturated rings. The van der Waals surface area contributed by atoms with Crippen LogP contribution < -0.4 is 5.32 Å². The molecule has 1 aliphatic rings. The van der Waals surface area contributed by atoms with Crippen molar-refractivity contribution < 1.29 is 22.8 Å². The number of likely N-dealkylation sites (N-methyl/N-ethyl adjacent to an activating group) is 1. The summed E-state index contributed by atoms with van der Waals surface area (Å²) in [6.07, 6.45) is 0.492. The fourth-order valence-corrected chi connectivity index (χ4v) is 4.39. The Hall–Kier alpha value is -2.46. The number of sulfonamides is 1. The zero-order chi connectivity index (χ0) is 20.9. The molecule has 9 nitrogen and oxygen atoms in total. The first kappa shape index (κ1) is 21.8. The minimum absolute atomic E-state index is 0.0633. The van der Waals surface area contributed by atoms with Gasteiger partial charge in [0.2, 0.25) is 21.8 Å². The van der Waals surface area contributed by atoms with Crippen molar-refractivity contribution in [3.63, 3.8) is 0 Å². The predicted octanol–water partition coefficient (Wildman–Crippen LogP) is 1.33. The Morgan fingerprint density at radius 1 is 1.14 bits per heavy atom. The van der Waals surface area contributed by atoms with Gasteiger partial charge in [-0.05, 0) is 30.7 Å². The Kier molecular flexibility index (Phi) is 7.14. The van der Waals surface area contributed by atoms with Crippen LogP contribution in [0.3, 0.4) is 0 Å². The average molecular weight is 410 g/mol. The highest BCUT2D eigenvalue weighted by molar-refractivity contribution is 7.89. The van der Waals surface area contributed by atoms with Crippen LogP contribution in [0.5, 0.6) is 0 Å². The Bertz CT molecular complexity index is 834. The van der Waals surface area contributed by atoms with Crippen molar-refractivity contribution >= 4 is 33.6 Å². The van der Waals surface area contributed by atoms with E-state index in [1.807, 2.05) is 0 Å². The van der Waals surface area contributed by atoms with E-state index in [9.17, 15) is 22.8 Å². The van der Waals surface area contributed by atoms with Gasteiger partial charge in [-0.2, -0.15) is 4.31 Å². The van der Waals surface area contributed by atoms with Crippen molar-refractivity contribution in [2.45, 2.75) is 31.6 Å². The van der Waals surface area contributed by atoms with Crippen LogP contribution in [-0.4, -0.2) is 73.6 Å². The van der Waals surface area contributed by atoms with E-state index in [4.69, 9.17) is 0 Å². The predicted molar refractivity (Wildman–Crippen MR) is 104 cm³/mol. The molecule has 0 spiro atoms. The van der Waals surface area contributed by atoms with Crippen LogP contribution >= 0.6 is 0 Å². The Balaban J connectivity index is 1.88. The van der Waals surface area contributed by atoms with Gasteiger partial charge in [-0.1, -0.05) is 13.8 Å². The smallest absolute Gasteiger partial charge is 0.326 e. The maximum Gasteiger partial charge on any atom is 0.326 e. The lowest BCUT2D eigenvalue weighted by atomic mass is 10.2. The molecule has 28 heavy (non-hydrogen) atoms. The first-order valence-electron chi connectivity index (χ1n) is 9.16. The van der Waals surface area contributed by atoms with Gasteiger partial charge in [0.15, 0.2) is 0 Å². The number of anilines is 1. The van der Waals surface area contributed by atoms with Crippen molar-refractivity contribution in [3.8, 4) is 0 Å². The normalized spacial score (nSPS) is 14.9. The molecule has 10 heteroatoms. The Morgan fingerprint density at radius 3 is 2.25 bits per heavy atom. The van der Waals surface area contributed by atoms with Crippen molar-refractivity contribution in [2.75, 3.05) is 38.5 Å². The van der Waals surface area contributed by atoms with Crippen molar-refractivity contribution in [1.29, 1.82) is 0 Å². The molecule has 1 aliphatic heterocycles. The van der Waals surface area contributed by atoms with Gasteiger partial charge in [0.25, 0.3) is 0 Å². The molecular weight excluding hydrogens is 384 g/mol. The van der Waals surface area contributed by atoms with Crippen molar-refractivity contribution in [1.82, 2.24) is 14.1 Å². The first-order chi connectivity index (χ1) is 13.2. The Labute approximate surface area is 165 Å². The number of hydrogen-bond donors (Lipinski definition) is 1. The zero-order valence-electron chi connectivity index (χ0n) is 16.3. The number of urea groups is 1. The fourth-order valence-electron chi connectivity index (χ4n) is 2.93. The minimum Gasteiger partial charge on any atom is -0.326 e. The van der Waals surface area contributed by atoms with E-state index >= 15 is 0 Å². The topological polar surface area (TPSA) is 107 Å². The summed E-state index contributed by atoms with van der Waals surface area (Å²) in [4.78, 5) is 38.1. The number of benzene rings is 1. The number of carbonyl (C=O) groups is 3. The largest absolute Gasteiger partial charge is 0.326 e. The standard InChI is InChI=1S/C18H26N4O5S/c1-4-21(5-2)28(26,27)15-10-8-14(9-11-15)19-16(23)7-6-12-22-17(24)13-20(3)18(22)25/h8-11H,4-7,12-13H2,1-3H3,(H,19,23). The molecule has 0 aromatic heterocycles. The number of nitrogens with zero attached hydrogens (tertiary/aromatic N) is 3. The summed E-state index contributed by atoms with van der Waals surface area (Å²) in [5, 5.41) is 2.69. The van der Waals surface area contributed by atoms with E-state index in [0.29, 0.717) is 25.2 Å². The second kappa shape index (κ2) is 9.16. The quantitative estimate of drug-likeness (QED) is 0.618. The third-order valence-electron chi connectivity index (χ3n) is 4.50. The molecular formula is C18H26N4O5S. The highest BCUT2D eigenvalue weighted by Gasteiger charge is 2.32. The van der Waals surface area contributed by atoms with Gasteiger partial charge in [-0.3, -0.25) is 14.5 Å². The Morgan fingerprint density at radius 2 is 1.75 bits per heavy atom. The van der Waals surface area contributed by atoms with Crippen LogP contribution in [-0.2, 0) is 19.6 Å². The summed E-state index contributed by atoms with van der Waals surface area (Å²) >= 11 is 0. The number of rotatable bonds is 9. The van der Waals surface area contributed by atoms with Gasteiger partial charge in [0, 0.05) is 38.8 Å². The van der Waals surface area contributed by atoms with Gasteiger partial charge < -0.3 is 10.2 Å². The van der Waals surface area contributed by atoms with E-state index in [1.54, 1.807) is 20.9 Å². The van der Waals surface area contributed by atoms with E-state index in [1.165, 1.54) is 33.5 Å². The van der Waals surface area contributed by atoms with Crippen LogP contribution in [0, 0.1) is 0 Å². The summed E-state index contributed by atoms with van der Waals surface area (Å²) in [7, 11) is -1.99. The maximum absolute atomic E-state index is 12.4. The van der Waals surface area contributed by atoms with Gasteiger partial charge in [-0.25, -0.2) is 13.2 Å². The number of hydrogen-bond acceptors (Lipinski definition) is 5. The summed E-state index contributed by atoms with van der Waals surface area (Å²) in [6.45, 7) is 4.57. The van der Waals surface area contributed by atoms with Crippen LogP contribution in [0.4, 0.5) is 10.5 Å². The minimum atomic E-state index is -3.54. The fraction of sp³-hybridized carbons (Fsp3) is 0.500. The summed E-state index contributed by atoms with van der Waals surface area (Å²) < 4.78 is 26.3. The van der Waals surface area contributed by atoms with Crippen LogP contribution in [0.15, 0.2) is 29.2 Å². The van der Waals surface area contributed by atoms with Crippen LogP contribution in [0.2, 0.25) is 0 Å². The number of imide groups is 1. The summed E-state index contributed by atoms with van der Waals surface area (Å²) in [5.41, 5.74) is 0.483. The third kappa shape index (κ3) is 4.87. The lowest BCUT2D eigenvalue weighted by molar-refractivity contribution is -0.125. The van der Waals surface area contributed by atoms with E-state index in [0.717, 1.165) is 4.90 Å². The lowest BCUT2D eigenvalue weighted by Crippen LogP contribution is -2.32. The van der Waals surface area contributed by atoms with Crippen LogP contribution in [0.25, 0.3) is 0 Å². The monoisotopic (exact) mass is 410 g/mol. The number of nitrogens with one attached hydrogen (secondary N) is 1. The van der Waals surface area contributed by atoms with Crippen molar-refractivity contribution in [3.05, 3.63) is 24.3 Å². The molecule has 1 aromatic rings. The highest BCUT2D eigenvalue weighted by atomic mass is 32.2. The second-order valence-electron chi connectivity index (χ2n) is 6.45. The van der Waals surface area contributed by atoms with Gasteiger partial charge >= 0.3 is 6.03 Å². The molecule has 1 heterocycles. The number of carbonyl (C=O) groups excluding carboxylic acids is 3. The van der Waals surface area contributed by atoms with E-state index in [-0.39, 0.29) is 42.3 Å². The van der Waals surface area contributed by atoms with Crippen molar-refractivity contribution in [2.24, 2.45) is 0 Å². The molecule has 0 saturated carbocycles. The molecule has 0 aliphatic carbocycles. The van der Waals surface area contributed by atoms with Gasteiger partial charge in [-0.15, -0.1) is 0 Å². The first-order valence-corrected chi connectivity index (χ1v) is 10.6. The second-order valence-corrected chi connectivity index (χ2v) is 8.39. The molecule has 1 N–H and O–H groups in total. The van der Waals surface area contributed by atoms with E-state index in [2.05, 4.69) is 5.32 Å². The highest BCUT2D eigenvalue weighted by Crippen LogP contribution is 2.18. The molecule has 0 bridgehead atoms. The molecule has 154 valence electrons. The molecule has 1 saturated heterocycles. The third-order valence-corrected chi connectivity index (χ3v) is 6.56. The maximum atomic E-state index is 12.4. The lowest BCUT2D eigenvalue weighted by Gasteiger charge is -2.18. The molecule has 0 atom stereocenters. The summed E-state index contributed by atoms with van der Waals surface area (Å²) in [6, 6.07) is 5.64. The number of amides is 4. The van der Waals surface area contributed by atoms with Gasteiger partial charge in [0.05, 0.1) is 4.90 Å². The molecule has 4 amide bonds. The van der Waals surface area contributed by atoms with Crippen LogP contribution in [0.1, 0.15) is 26.7 Å². The molecule has 2 rings (SSSR count). The molecule has 1 aromatic carbocycles.